The molecular weight excluding hydrogens is 266 g/mol. The molecule has 0 spiro atoms. The maximum atomic E-state index is 12.1. The number of anilines is 1. The first-order valence-corrected chi connectivity index (χ1v) is 5.54. The van der Waals surface area contributed by atoms with Crippen LogP contribution in [0.5, 0.6) is 5.75 Å². The molecule has 0 aliphatic heterocycles. The molecule has 2 rings (SSSR count). The molecule has 0 radical (unpaired) electrons. The summed E-state index contributed by atoms with van der Waals surface area (Å²) in [6.07, 6.45) is 0. The van der Waals surface area contributed by atoms with Crippen LogP contribution in [0.2, 0.25) is 0 Å². The number of nitro benzene ring substituents is 1. The quantitative estimate of drug-likeness (QED) is 0.641. The van der Waals surface area contributed by atoms with E-state index in [0.29, 0.717) is 5.82 Å². The Bertz CT molecular complexity index is 667. The zero-order chi connectivity index (χ0) is 14.7. The van der Waals surface area contributed by atoms with Crippen LogP contribution in [0.1, 0.15) is 16.2 Å². The van der Waals surface area contributed by atoms with E-state index in [9.17, 15) is 14.9 Å². The number of amides is 1. The molecule has 1 amide bonds. The van der Waals surface area contributed by atoms with E-state index in [1.165, 1.54) is 25.3 Å². The fourth-order valence-corrected chi connectivity index (χ4v) is 1.63. The molecule has 1 heterocycles. The summed E-state index contributed by atoms with van der Waals surface area (Å²) >= 11 is 0. The van der Waals surface area contributed by atoms with Crippen molar-refractivity contribution in [2.24, 2.45) is 0 Å². The van der Waals surface area contributed by atoms with Gasteiger partial charge in [-0.05, 0) is 13.0 Å². The molecular formula is C11H11N5O4. The zero-order valence-electron chi connectivity index (χ0n) is 10.7. The summed E-state index contributed by atoms with van der Waals surface area (Å²) in [5.74, 6) is -0.0698. The van der Waals surface area contributed by atoms with E-state index in [4.69, 9.17) is 4.74 Å². The Labute approximate surface area is 113 Å². The summed E-state index contributed by atoms with van der Waals surface area (Å²) in [6, 6.07) is 4.12. The van der Waals surface area contributed by atoms with Gasteiger partial charge in [0.2, 0.25) is 5.95 Å². The summed E-state index contributed by atoms with van der Waals surface area (Å²) in [6.45, 7) is 1.66. The number of hydrogen-bond acceptors (Lipinski definition) is 6. The second-order valence-corrected chi connectivity index (χ2v) is 3.81. The minimum atomic E-state index is -0.715. The van der Waals surface area contributed by atoms with Crippen LogP contribution in [0.3, 0.4) is 0 Å². The van der Waals surface area contributed by atoms with Gasteiger partial charge in [-0.15, -0.1) is 5.10 Å². The lowest BCUT2D eigenvalue weighted by Gasteiger charge is -2.07. The third kappa shape index (κ3) is 2.55. The van der Waals surface area contributed by atoms with Gasteiger partial charge in [0.15, 0.2) is 5.56 Å². The molecule has 0 bridgehead atoms. The lowest BCUT2D eigenvalue weighted by molar-refractivity contribution is -0.385. The Kier molecular flexibility index (Phi) is 3.60. The van der Waals surface area contributed by atoms with E-state index in [1.54, 1.807) is 6.92 Å². The number of rotatable bonds is 4. The monoisotopic (exact) mass is 277 g/mol. The zero-order valence-corrected chi connectivity index (χ0v) is 10.7. The molecule has 9 heteroatoms. The average molecular weight is 277 g/mol. The highest BCUT2D eigenvalue weighted by Gasteiger charge is 2.25. The van der Waals surface area contributed by atoms with Crippen LogP contribution in [0.25, 0.3) is 0 Å². The Morgan fingerprint density at radius 1 is 1.50 bits per heavy atom. The van der Waals surface area contributed by atoms with Crippen molar-refractivity contribution in [3.05, 3.63) is 39.7 Å². The number of ether oxygens (including phenoxy) is 1. The van der Waals surface area contributed by atoms with E-state index >= 15 is 0 Å². The Balaban J connectivity index is 2.39. The van der Waals surface area contributed by atoms with Gasteiger partial charge in [0.25, 0.3) is 11.6 Å². The Hall–Kier alpha value is -2.97. The first-order valence-electron chi connectivity index (χ1n) is 5.54. The molecule has 1 aromatic heterocycles. The minimum Gasteiger partial charge on any atom is -0.496 e. The number of carbonyl (C=O) groups excluding carboxylic acids is 1. The number of hydrogen-bond donors (Lipinski definition) is 2. The van der Waals surface area contributed by atoms with Gasteiger partial charge in [0, 0.05) is 6.07 Å². The third-order valence-corrected chi connectivity index (χ3v) is 2.47. The number of aromatic nitrogens is 3. The molecule has 0 saturated heterocycles. The summed E-state index contributed by atoms with van der Waals surface area (Å²) in [5, 5.41) is 19.6. The van der Waals surface area contributed by atoms with Crippen molar-refractivity contribution >= 4 is 17.5 Å². The fraction of sp³-hybridized carbons (Fsp3) is 0.182. The Morgan fingerprint density at radius 2 is 2.25 bits per heavy atom. The molecule has 2 N–H and O–H groups in total. The molecule has 1 aromatic carbocycles. The van der Waals surface area contributed by atoms with E-state index < -0.39 is 10.8 Å². The number of aryl methyl sites for hydroxylation is 1. The maximum absolute atomic E-state index is 12.1. The van der Waals surface area contributed by atoms with Crippen molar-refractivity contribution in [3.8, 4) is 5.75 Å². The molecule has 0 fully saturated rings. The van der Waals surface area contributed by atoms with Crippen molar-refractivity contribution in [3.63, 3.8) is 0 Å². The largest absolute Gasteiger partial charge is 0.496 e. The van der Waals surface area contributed by atoms with Crippen LogP contribution in [0.4, 0.5) is 11.6 Å². The normalized spacial score (nSPS) is 10.1. The van der Waals surface area contributed by atoms with Crippen molar-refractivity contribution in [2.75, 3.05) is 12.4 Å². The molecule has 104 valence electrons. The molecule has 2 aromatic rings. The van der Waals surface area contributed by atoms with Gasteiger partial charge in [0.1, 0.15) is 11.6 Å². The lowest BCUT2D eigenvalue weighted by Crippen LogP contribution is -2.16. The number of nitrogens with zero attached hydrogens (tertiary/aromatic N) is 3. The van der Waals surface area contributed by atoms with E-state index in [2.05, 4.69) is 20.5 Å². The molecule has 0 saturated carbocycles. The average Bonchev–Trinajstić information content (AvgIpc) is 2.82. The number of carbonyl (C=O) groups is 1. The minimum absolute atomic E-state index is 0.0349. The first kappa shape index (κ1) is 13.5. The van der Waals surface area contributed by atoms with Gasteiger partial charge in [-0.25, -0.2) is 0 Å². The first-order chi connectivity index (χ1) is 9.52. The third-order valence-electron chi connectivity index (χ3n) is 2.47. The maximum Gasteiger partial charge on any atom is 0.285 e. The predicted octanol–water partition coefficient (Wildman–Crippen LogP) is 1.28. The second kappa shape index (κ2) is 5.34. The summed E-state index contributed by atoms with van der Waals surface area (Å²) in [4.78, 5) is 26.4. The highest BCUT2D eigenvalue weighted by molar-refractivity contribution is 6.08. The predicted molar refractivity (Wildman–Crippen MR) is 68.7 cm³/mol. The van der Waals surface area contributed by atoms with Gasteiger partial charge < -0.3 is 4.74 Å². The SMILES string of the molecule is COc1cccc([N+](=O)[O-])c1C(=O)Nc1n[nH]c(C)n1. The highest BCUT2D eigenvalue weighted by atomic mass is 16.6. The van der Waals surface area contributed by atoms with Crippen molar-refractivity contribution in [1.82, 2.24) is 15.2 Å². The van der Waals surface area contributed by atoms with Crippen molar-refractivity contribution < 1.29 is 14.5 Å². The van der Waals surface area contributed by atoms with E-state index in [-0.39, 0.29) is 22.9 Å². The number of methoxy groups -OCH3 is 1. The Morgan fingerprint density at radius 3 is 2.80 bits per heavy atom. The van der Waals surface area contributed by atoms with Crippen molar-refractivity contribution in [2.45, 2.75) is 6.92 Å². The number of nitro groups is 1. The van der Waals surface area contributed by atoms with Crippen LogP contribution >= 0.6 is 0 Å². The molecule has 0 aliphatic carbocycles. The summed E-state index contributed by atoms with van der Waals surface area (Å²) in [5.41, 5.74) is -0.531. The number of benzene rings is 1. The standard InChI is InChI=1S/C11H11N5O4/c1-6-12-11(15-14-6)13-10(17)9-7(16(18)19)4-3-5-8(9)20-2/h3-5H,1-2H3,(H2,12,13,14,15,17). The number of aromatic amines is 1. The van der Waals surface area contributed by atoms with Crippen LogP contribution in [0.15, 0.2) is 18.2 Å². The second-order valence-electron chi connectivity index (χ2n) is 3.81. The van der Waals surface area contributed by atoms with Crippen LogP contribution in [0, 0.1) is 17.0 Å². The lowest BCUT2D eigenvalue weighted by atomic mass is 10.1. The summed E-state index contributed by atoms with van der Waals surface area (Å²) in [7, 11) is 1.33. The van der Waals surface area contributed by atoms with Gasteiger partial charge in [-0.2, -0.15) is 4.98 Å². The van der Waals surface area contributed by atoms with Crippen LogP contribution in [-0.2, 0) is 0 Å². The number of nitrogens with one attached hydrogen (secondary N) is 2. The van der Waals surface area contributed by atoms with Crippen LogP contribution < -0.4 is 10.1 Å². The van der Waals surface area contributed by atoms with Gasteiger partial charge in [-0.1, -0.05) is 6.07 Å². The summed E-state index contributed by atoms with van der Waals surface area (Å²) < 4.78 is 4.99. The van der Waals surface area contributed by atoms with Gasteiger partial charge in [0.05, 0.1) is 12.0 Å². The van der Waals surface area contributed by atoms with Crippen molar-refractivity contribution in [1.29, 1.82) is 0 Å². The molecule has 0 unspecified atom stereocenters. The molecule has 20 heavy (non-hydrogen) atoms. The fourth-order valence-electron chi connectivity index (χ4n) is 1.63. The molecule has 9 nitrogen and oxygen atoms in total. The molecule has 0 atom stereocenters. The van der Waals surface area contributed by atoms with Crippen LogP contribution in [-0.4, -0.2) is 33.1 Å². The van der Waals surface area contributed by atoms with E-state index in [1.807, 2.05) is 0 Å². The van der Waals surface area contributed by atoms with Gasteiger partial charge >= 0.3 is 0 Å². The van der Waals surface area contributed by atoms with Gasteiger partial charge in [-0.3, -0.25) is 25.3 Å². The van der Waals surface area contributed by atoms with E-state index in [0.717, 1.165) is 0 Å². The topological polar surface area (TPSA) is 123 Å². The smallest absolute Gasteiger partial charge is 0.285 e. The number of H-pyrrole nitrogens is 1. The molecule has 0 aliphatic rings. The highest BCUT2D eigenvalue weighted by Crippen LogP contribution is 2.28.